The van der Waals surface area contributed by atoms with Crippen molar-refractivity contribution in [2.24, 2.45) is 5.41 Å². The summed E-state index contributed by atoms with van der Waals surface area (Å²) >= 11 is 0. The minimum absolute atomic E-state index is 0.197. The lowest BCUT2D eigenvalue weighted by atomic mass is 9.87. The topological polar surface area (TPSA) is 9.23 Å². The summed E-state index contributed by atoms with van der Waals surface area (Å²) in [5, 5.41) is 2.82. The van der Waals surface area contributed by atoms with Gasteiger partial charge in [-0.05, 0) is 28.3 Å². The molecule has 2 aromatic rings. The van der Waals surface area contributed by atoms with Crippen LogP contribution in [0.25, 0.3) is 0 Å². The van der Waals surface area contributed by atoms with Crippen molar-refractivity contribution in [3.05, 3.63) is 60.7 Å². The number of rotatable bonds is 2. The first-order chi connectivity index (χ1) is 10.5. The van der Waals surface area contributed by atoms with Gasteiger partial charge in [-0.15, -0.1) is 0 Å². The fourth-order valence-electron chi connectivity index (χ4n) is 3.51. The van der Waals surface area contributed by atoms with Crippen LogP contribution < -0.4 is 10.4 Å². The Hall–Kier alpha value is -1.38. The summed E-state index contributed by atoms with van der Waals surface area (Å²) in [6.45, 7) is 6.91. The Labute approximate surface area is 135 Å². The second-order valence-electron chi connectivity index (χ2n) is 7.42. The van der Waals surface area contributed by atoms with Crippen LogP contribution in [0.5, 0.6) is 0 Å². The van der Waals surface area contributed by atoms with E-state index in [9.17, 15) is 0 Å². The summed E-state index contributed by atoms with van der Waals surface area (Å²) in [6.07, 6.45) is 2.78. The first-order valence-corrected chi connectivity index (χ1v) is 10.4. The largest absolute Gasteiger partial charge is 0.404 e. The van der Waals surface area contributed by atoms with Gasteiger partial charge in [-0.1, -0.05) is 87.9 Å². The molecule has 0 saturated carbocycles. The number of benzene rings is 2. The molecule has 2 heteroatoms. The summed E-state index contributed by atoms with van der Waals surface area (Å²) in [6, 6.07) is 23.1. The van der Waals surface area contributed by atoms with Gasteiger partial charge in [-0.2, -0.15) is 0 Å². The minimum atomic E-state index is -2.11. The maximum Gasteiger partial charge on any atom is 0.256 e. The van der Waals surface area contributed by atoms with Gasteiger partial charge in [0.05, 0.1) is 6.10 Å². The van der Waals surface area contributed by atoms with Gasteiger partial charge in [0.15, 0.2) is 0 Å². The van der Waals surface area contributed by atoms with E-state index in [0.29, 0.717) is 6.10 Å². The van der Waals surface area contributed by atoms with Crippen LogP contribution in [-0.4, -0.2) is 14.4 Å². The molecule has 0 aromatic heterocycles. The molecule has 0 amide bonds. The van der Waals surface area contributed by atoms with Crippen molar-refractivity contribution in [3.63, 3.8) is 0 Å². The quantitative estimate of drug-likeness (QED) is 0.763. The van der Waals surface area contributed by atoms with Crippen LogP contribution in [0.15, 0.2) is 60.7 Å². The molecular formula is C20H26OSi. The second kappa shape index (κ2) is 6.02. The van der Waals surface area contributed by atoms with Gasteiger partial charge in [0.2, 0.25) is 0 Å². The van der Waals surface area contributed by atoms with Crippen molar-refractivity contribution >= 4 is 18.7 Å². The van der Waals surface area contributed by atoms with Gasteiger partial charge in [0.25, 0.3) is 8.32 Å². The Balaban J connectivity index is 2.08. The zero-order valence-electron chi connectivity index (χ0n) is 13.9. The minimum Gasteiger partial charge on any atom is -0.404 e. The van der Waals surface area contributed by atoms with E-state index >= 15 is 0 Å². The summed E-state index contributed by atoms with van der Waals surface area (Å²) in [4.78, 5) is 0. The van der Waals surface area contributed by atoms with Crippen molar-refractivity contribution < 1.29 is 4.43 Å². The average Bonchev–Trinajstić information content (AvgIpc) is 2.56. The molecule has 1 aliphatic rings. The van der Waals surface area contributed by atoms with Crippen LogP contribution in [0, 0.1) is 5.41 Å². The van der Waals surface area contributed by atoms with Gasteiger partial charge in [0, 0.05) is 0 Å². The molecule has 0 radical (unpaired) electrons. The molecule has 1 heterocycles. The van der Waals surface area contributed by atoms with Gasteiger partial charge < -0.3 is 4.43 Å². The lowest BCUT2D eigenvalue weighted by Gasteiger charge is -2.45. The molecule has 0 unspecified atom stereocenters. The zero-order valence-corrected chi connectivity index (χ0v) is 14.9. The fraction of sp³-hybridized carbons (Fsp3) is 0.400. The highest BCUT2D eigenvalue weighted by atomic mass is 28.4. The van der Waals surface area contributed by atoms with Crippen LogP contribution in [0.2, 0.25) is 6.04 Å². The molecule has 0 spiro atoms. The molecule has 0 bridgehead atoms. The highest BCUT2D eigenvalue weighted by Crippen LogP contribution is 2.35. The predicted molar refractivity (Wildman–Crippen MR) is 96.3 cm³/mol. The van der Waals surface area contributed by atoms with Crippen LogP contribution >= 0.6 is 0 Å². The molecule has 2 aromatic carbocycles. The molecule has 1 aliphatic heterocycles. The van der Waals surface area contributed by atoms with E-state index in [1.165, 1.54) is 29.3 Å². The average molecular weight is 311 g/mol. The van der Waals surface area contributed by atoms with E-state index in [2.05, 4.69) is 81.4 Å². The Morgan fingerprint density at radius 2 is 1.36 bits per heavy atom. The third-order valence-electron chi connectivity index (χ3n) is 4.78. The lowest BCUT2D eigenvalue weighted by Crippen LogP contribution is -2.65. The second-order valence-corrected chi connectivity index (χ2v) is 11.0. The van der Waals surface area contributed by atoms with E-state index < -0.39 is 8.32 Å². The molecule has 1 atom stereocenters. The van der Waals surface area contributed by atoms with E-state index in [1.54, 1.807) is 0 Å². The summed E-state index contributed by atoms with van der Waals surface area (Å²) in [5.41, 5.74) is 0.197. The molecular weight excluding hydrogens is 284 g/mol. The standard InChI is InChI=1S/C20H26OSi/c1-20(2,3)19-15-10-16-22(21-19,17-11-6-4-7-12-17)18-13-8-5-9-14-18/h4-9,11-14,19H,10,15-16H2,1-3H3/t19-/m0/s1. The molecule has 0 aliphatic carbocycles. The maximum atomic E-state index is 6.95. The van der Waals surface area contributed by atoms with E-state index in [-0.39, 0.29) is 5.41 Å². The van der Waals surface area contributed by atoms with E-state index in [0.717, 1.165) is 0 Å². The normalized spacial score (nSPS) is 21.5. The summed E-state index contributed by atoms with van der Waals surface area (Å²) in [7, 11) is -2.11. The summed E-state index contributed by atoms with van der Waals surface area (Å²) < 4.78 is 6.95. The van der Waals surface area contributed by atoms with Gasteiger partial charge in [0.1, 0.15) is 0 Å². The molecule has 1 saturated heterocycles. The van der Waals surface area contributed by atoms with Crippen LogP contribution in [0.1, 0.15) is 33.6 Å². The smallest absolute Gasteiger partial charge is 0.256 e. The highest BCUT2D eigenvalue weighted by molar-refractivity contribution is 6.97. The van der Waals surface area contributed by atoms with E-state index in [4.69, 9.17) is 4.43 Å². The zero-order chi connectivity index (χ0) is 15.6. The van der Waals surface area contributed by atoms with E-state index in [1.807, 2.05) is 0 Å². The predicted octanol–water partition coefficient (Wildman–Crippen LogP) is 3.97. The Kier molecular flexibility index (Phi) is 4.24. The van der Waals surface area contributed by atoms with Crippen molar-refractivity contribution in [2.75, 3.05) is 0 Å². The first-order valence-electron chi connectivity index (χ1n) is 8.31. The Morgan fingerprint density at radius 1 is 0.864 bits per heavy atom. The number of hydrogen-bond acceptors (Lipinski definition) is 1. The van der Waals surface area contributed by atoms with Crippen molar-refractivity contribution in [1.82, 2.24) is 0 Å². The molecule has 116 valence electrons. The first kappa shape index (κ1) is 15.5. The monoisotopic (exact) mass is 310 g/mol. The molecule has 1 fully saturated rings. The molecule has 0 N–H and O–H groups in total. The number of hydrogen-bond donors (Lipinski definition) is 0. The third kappa shape index (κ3) is 2.90. The van der Waals surface area contributed by atoms with Gasteiger partial charge in [-0.3, -0.25) is 0 Å². The van der Waals surface area contributed by atoms with Crippen molar-refractivity contribution in [2.45, 2.75) is 45.8 Å². The van der Waals surface area contributed by atoms with Crippen LogP contribution in [0.3, 0.4) is 0 Å². The molecule has 1 nitrogen and oxygen atoms in total. The van der Waals surface area contributed by atoms with Gasteiger partial charge in [-0.25, -0.2) is 0 Å². The Bertz CT molecular complexity index is 561. The molecule has 3 rings (SSSR count). The SMILES string of the molecule is CC(C)(C)[C@@H]1CCC[Si](c2ccccc2)(c2ccccc2)O1. The highest BCUT2D eigenvalue weighted by Gasteiger charge is 2.46. The van der Waals surface area contributed by atoms with Crippen LogP contribution in [0.4, 0.5) is 0 Å². The van der Waals surface area contributed by atoms with Gasteiger partial charge >= 0.3 is 0 Å². The van der Waals surface area contributed by atoms with Crippen molar-refractivity contribution in [3.8, 4) is 0 Å². The third-order valence-corrected chi connectivity index (χ3v) is 9.06. The maximum absolute atomic E-state index is 6.95. The Morgan fingerprint density at radius 3 is 1.82 bits per heavy atom. The molecule has 22 heavy (non-hydrogen) atoms. The lowest BCUT2D eigenvalue weighted by molar-refractivity contribution is 0.0613. The van der Waals surface area contributed by atoms with Crippen LogP contribution in [-0.2, 0) is 4.43 Å². The van der Waals surface area contributed by atoms with Crippen molar-refractivity contribution in [1.29, 1.82) is 0 Å². The fourth-order valence-corrected chi connectivity index (χ4v) is 7.93. The summed E-state index contributed by atoms with van der Waals surface area (Å²) in [5.74, 6) is 0.